The number of aromatic nitrogens is 1. The van der Waals surface area contributed by atoms with Crippen LogP contribution in [0.25, 0.3) is 10.6 Å². The summed E-state index contributed by atoms with van der Waals surface area (Å²) in [6.45, 7) is 4.31. The summed E-state index contributed by atoms with van der Waals surface area (Å²) >= 11 is 1.57. The zero-order valence-corrected chi connectivity index (χ0v) is 13.3. The largest absolute Gasteiger partial charge is 0.395 e. The lowest BCUT2D eigenvalue weighted by molar-refractivity contribution is 0.321. The number of rotatable bonds is 6. The van der Waals surface area contributed by atoms with E-state index in [0.29, 0.717) is 17.4 Å². The molecule has 0 aliphatic heterocycles. The van der Waals surface area contributed by atoms with Crippen LogP contribution in [0.5, 0.6) is 0 Å². The quantitative estimate of drug-likeness (QED) is 0.891. The molecule has 0 radical (unpaired) electrons. The van der Waals surface area contributed by atoms with E-state index in [1.165, 1.54) is 5.56 Å². The van der Waals surface area contributed by atoms with Gasteiger partial charge in [0.15, 0.2) is 0 Å². The molecule has 1 atom stereocenters. The van der Waals surface area contributed by atoms with Crippen molar-refractivity contribution in [2.75, 3.05) is 12.4 Å². The fourth-order valence-electron chi connectivity index (χ4n) is 1.86. The Hall–Kier alpha value is -1.04. The van der Waals surface area contributed by atoms with Gasteiger partial charge >= 0.3 is 0 Å². The van der Waals surface area contributed by atoms with Crippen LogP contribution in [0.1, 0.15) is 31.0 Å². The standard InChI is InChI=1S/C15H19NO2S2/c1-11(2)12-3-5-13(6-4-12)15-16-14(9-19-15)10-20(18)8-7-17/h3-6,9,11,17H,7-8,10H2,1-2H3. The van der Waals surface area contributed by atoms with E-state index in [4.69, 9.17) is 5.11 Å². The van der Waals surface area contributed by atoms with Crippen molar-refractivity contribution in [2.24, 2.45) is 0 Å². The summed E-state index contributed by atoms with van der Waals surface area (Å²) in [6.07, 6.45) is 0. The van der Waals surface area contributed by atoms with Crippen molar-refractivity contribution in [3.8, 4) is 10.6 Å². The number of hydrogen-bond acceptors (Lipinski definition) is 4. The Labute approximate surface area is 126 Å². The lowest BCUT2D eigenvalue weighted by Crippen LogP contribution is -2.04. The van der Waals surface area contributed by atoms with Crippen LogP contribution in [0.3, 0.4) is 0 Å². The van der Waals surface area contributed by atoms with Crippen LogP contribution in [0.15, 0.2) is 29.6 Å². The molecule has 1 unspecified atom stereocenters. The topological polar surface area (TPSA) is 50.2 Å². The molecule has 1 aromatic carbocycles. The molecular weight excluding hydrogens is 290 g/mol. The van der Waals surface area contributed by atoms with E-state index in [0.717, 1.165) is 16.3 Å². The predicted molar refractivity (Wildman–Crippen MR) is 85.4 cm³/mol. The normalized spacial score (nSPS) is 12.8. The van der Waals surface area contributed by atoms with Gasteiger partial charge in [0.2, 0.25) is 0 Å². The Morgan fingerprint density at radius 1 is 1.30 bits per heavy atom. The summed E-state index contributed by atoms with van der Waals surface area (Å²) in [5.74, 6) is 1.26. The summed E-state index contributed by atoms with van der Waals surface area (Å²) in [5, 5.41) is 11.7. The monoisotopic (exact) mass is 309 g/mol. The first kappa shape index (κ1) is 15.4. The van der Waals surface area contributed by atoms with E-state index in [-0.39, 0.29) is 6.61 Å². The van der Waals surface area contributed by atoms with Crippen LogP contribution in [0.4, 0.5) is 0 Å². The molecule has 1 heterocycles. The number of hydrogen-bond donors (Lipinski definition) is 1. The molecule has 0 bridgehead atoms. The van der Waals surface area contributed by atoms with Gasteiger partial charge in [0.25, 0.3) is 0 Å². The van der Waals surface area contributed by atoms with Crippen molar-refractivity contribution in [3.05, 3.63) is 40.9 Å². The third kappa shape index (κ3) is 3.98. The highest BCUT2D eigenvalue weighted by atomic mass is 32.2. The van der Waals surface area contributed by atoms with Crippen molar-refractivity contribution >= 4 is 22.1 Å². The molecule has 1 aromatic heterocycles. The number of benzene rings is 1. The Morgan fingerprint density at radius 2 is 2.00 bits per heavy atom. The van der Waals surface area contributed by atoms with Gasteiger partial charge in [-0.2, -0.15) is 0 Å². The van der Waals surface area contributed by atoms with Gasteiger partial charge < -0.3 is 5.11 Å². The van der Waals surface area contributed by atoms with Crippen LogP contribution in [-0.4, -0.2) is 26.7 Å². The lowest BCUT2D eigenvalue weighted by Gasteiger charge is -2.05. The zero-order chi connectivity index (χ0) is 14.5. The molecule has 108 valence electrons. The highest BCUT2D eigenvalue weighted by Crippen LogP contribution is 2.26. The molecule has 20 heavy (non-hydrogen) atoms. The smallest absolute Gasteiger partial charge is 0.123 e. The number of aliphatic hydroxyl groups excluding tert-OH is 1. The van der Waals surface area contributed by atoms with E-state index >= 15 is 0 Å². The van der Waals surface area contributed by atoms with Gasteiger partial charge in [0.05, 0.1) is 18.1 Å². The van der Waals surface area contributed by atoms with Gasteiger partial charge in [0.1, 0.15) is 5.01 Å². The zero-order valence-electron chi connectivity index (χ0n) is 11.7. The highest BCUT2D eigenvalue weighted by Gasteiger charge is 2.08. The van der Waals surface area contributed by atoms with Gasteiger partial charge in [-0.1, -0.05) is 38.1 Å². The molecule has 2 aromatic rings. The molecule has 5 heteroatoms. The Kier molecular flexibility index (Phi) is 5.46. The highest BCUT2D eigenvalue weighted by molar-refractivity contribution is 7.84. The average molecular weight is 309 g/mol. The second kappa shape index (κ2) is 7.11. The van der Waals surface area contributed by atoms with E-state index < -0.39 is 10.8 Å². The van der Waals surface area contributed by atoms with Crippen LogP contribution in [0, 0.1) is 0 Å². The summed E-state index contributed by atoms with van der Waals surface area (Å²) in [5.41, 5.74) is 3.25. The van der Waals surface area contributed by atoms with Gasteiger partial charge in [-0.15, -0.1) is 11.3 Å². The number of aliphatic hydroxyl groups is 1. The van der Waals surface area contributed by atoms with Gasteiger partial charge in [-0.25, -0.2) is 4.98 Å². The van der Waals surface area contributed by atoms with Gasteiger partial charge in [0, 0.05) is 27.5 Å². The molecule has 3 nitrogen and oxygen atoms in total. The summed E-state index contributed by atoms with van der Waals surface area (Å²) in [7, 11) is -1.03. The Bertz CT molecular complexity index is 576. The Balaban J connectivity index is 2.10. The third-order valence-corrected chi connectivity index (χ3v) is 5.20. The molecule has 0 saturated heterocycles. The maximum absolute atomic E-state index is 11.6. The second-order valence-corrected chi connectivity index (χ2v) is 7.37. The molecule has 1 N–H and O–H groups in total. The molecule has 0 amide bonds. The first-order valence-electron chi connectivity index (χ1n) is 6.60. The lowest BCUT2D eigenvalue weighted by atomic mass is 10.0. The Morgan fingerprint density at radius 3 is 2.60 bits per heavy atom. The fraction of sp³-hybridized carbons (Fsp3) is 0.400. The molecule has 0 fully saturated rings. The number of thiazole rings is 1. The van der Waals surface area contributed by atoms with Gasteiger partial charge in [-0.3, -0.25) is 4.21 Å². The summed E-state index contributed by atoms with van der Waals surface area (Å²) < 4.78 is 11.6. The molecular formula is C15H19NO2S2. The van der Waals surface area contributed by atoms with Crippen LogP contribution in [0.2, 0.25) is 0 Å². The fourth-order valence-corrected chi connectivity index (χ4v) is 3.61. The van der Waals surface area contributed by atoms with Crippen LogP contribution in [-0.2, 0) is 16.6 Å². The van der Waals surface area contributed by atoms with Crippen molar-refractivity contribution in [2.45, 2.75) is 25.5 Å². The summed E-state index contributed by atoms with van der Waals surface area (Å²) in [4.78, 5) is 4.52. The van der Waals surface area contributed by atoms with Crippen molar-refractivity contribution in [3.63, 3.8) is 0 Å². The van der Waals surface area contributed by atoms with Gasteiger partial charge in [-0.05, 0) is 11.5 Å². The minimum atomic E-state index is -1.03. The van der Waals surface area contributed by atoms with Crippen LogP contribution < -0.4 is 0 Å². The maximum Gasteiger partial charge on any atom is 0.123 e. The molecule has 0 saturated carbocycles. The minimum Gasteiger partial charge on any atom is -0.395 e. The minimum absolute atomic E-state index is 0.0414. The summed E-state index contributed by atoms with van der Waals surface area (Å²) in [6, 6.07) is 8.43. The molecule has 2 rings (SSSR count). The van der Waals surface area contributed by atoms with Crippen molar-refractivity contribution in [1.82, 2.24) is 4.98 Å². The molecule has 0 aliphatic carbocycles. The van der Waals surface area contributed by atoms with E-state index in [9.17, 15) is 4.21 Å². The molecule has 0 spiro atoms. The van der Waals surface area contributed by atoms with Crippen molar-refractivity contribution < 1.29 is 9.32 Å². The van der Waals surface area contributed by atoms with Crippen LogP contribution >= 0.6 is 11.3 Å². The van der Waals surface area contributed by atoms with E-state index in [1.807, 2.05) is 5.38 Å². The van der Waals surface area contributed by atoms with E-state index in [2.05, 4.69) is 43.1 Å². The maximum atomic E-state index is 11.6. The first-order valence-corrected chi connectivity index (χ1v) is 8.97. The average Bonchev–Trinajstić information content (AvgIpc) is 2.87. The van der Waals surface area contributed by atoms with Crippen molar-refractivity contribution in [1.29, 1.82) is 0 Å². The second-order valence-electron chi connectivity index (χ2n) is 4.93. The predicted octanol–water partition coefficient (Wildman–Crippen LogP) is 3.17. The first-order chi connectivity index (χ1) is 9.60. The molecule has 0 aliphatic rings. The SMILES string of the molecule is CC(C)c1ccc(-c2nc(CS(=O)CCO)cs2)cc1. The number of nitrogens with zero attached hydrogens (tertiary/aromatic N) is 1. The van der Waals surface area contributed by atoms with E-state index in [1.54, 1.807) is 11.3 Å². The third-order valence-electron chi connectivity index (χ3n) is 3.00.